The van der Waals surface area contributed by atoms with E-state index in [-0.39, 0.29) is 23.6 Å². The number of nitrogens with one attached hydrogen (secondary N) is 2. The summed E-state index contributed by atoms with van der Waals surface area (Å²) in [6.07, 6.45) is 0.109. The van der Waals surface area contributed by atoms with Gasteiger partial charge in [0.25, 0.3) is 5.91 Å². The van der Waals surface area contributed by atoms with E-state index in [0.717, 1.165) is 5.56 Å². The van der Waals surface area contributed by atoms with Crippen LogP contribution in [0.3, 0.4) is 0 Å². The Morgan fingerprint density at radius 2 is 1.86 bits per heavy atom. The summed E-state index contributed by atoms with van der Waals surface area (Å²) in [5, 5.41) is 9.30. The van der Waals surface area contributed by atoms with Crippen molar-refractivity contribution in [1.29, 1.82) is 0 Å². The van der Waals surface area contributed by atoms with Crippen LogP contribution in [0.5, 0.6) is 11.5 Å². The van der Waals surface area contributed by atoms with Gasteiger partial charge in [-0.2, -0.15) is 0 Å². The number of phenolic OH excluding ortho intramolecular Hbond substituents is 1. The quantitative estimate of drug-likeness (QED) is 0.745. The Morgan fingerprint density at radius 1 is 1.09 bits per heavy atom. The zero-order valence-electron chi connectivity index (χ0n) is 12.0. The van der Waals surface area contributed by atoms with Gasteiger partial charge in [-0.3, -0.25) is 20.4 Å². The van der Waals surface area contributed by atoms with E-state index in [4.69, 9.17) is 4.74 Å². The minimum absolute atomic E-state index is 0.0182. The fourth-order valence-electron chi connectivity index (χ4n) is 1.86. The molecule has 3 N–H and O–H groups in total. The van der Waals surface area contributed by atoms with Gasteiger partial charge in [0.1, 0.15) is 11.5 Å². The number of methoxy groups -OCH3 is 1. The average Bonchev–Trinajstić information content (AvgIpc) is 2.52. The van der Waals surface area contributed by atoms with Crippen LogP contribution in [0.25, 0.3) is 0 Å². The van der Waals surface area contributed by atoms with Crippen molar-refractivity contribution < 1.29 is 19.4 Å². The molecule has 0 saturated carbocycles. The van der Waals surface area contributed by atoms with Gasteiger partial charge in [0.15, 0.2) is 0 Å². The summed E-state index contributed by atoms with van der Waals surface area (Å²) in [7, 11) is 1.55. The Labute approximate surface area is 127 Å². The largest absolute Gasteiger partial charge is 0.508 e. The molecule has 114 valence electrons. The van der Waals surface area contributed by atoms with E-state index in [0.29, 0.717) is 5.75 Å². The highest BCUT2D eigenvalue weighted by atomic mass is 16.5. The number of phenols is 1. The maximum atomic E-state index is 11.8. The van der Waals surface area contributed by atoms with Crippen molar-refractivity contribution in [3.05, 3.63) is 59.7 Å². The number of hydrazine groups is 1. The molecule has 2 amide bonds. The second-order valence-corrected chi connectivity index (χ2v) is 4.58. The molecule has 2 aromatic rings. The molecule has 0 atom stereocenters. The van der Waals surface area contributed by atoms with Gasteiger partial charge in [-0.1, -0.05) is 18.2 Å². The predicted octanol–water partition coefficient (Wildman–Crippen LogP) is 1.40. The maximum Gasteiger partial charge on any atom is 0.269 e. The number of carbonyl (C=O) groups is 2. The van der Waals surface area contributed by atoms with Crippen molar-refractivity contribution in [2.75, 3.05) is 7.11 Å². The van der Waals surface area contributed by atoms with Gasteiger partial charge in [-0.25, -0.2) is 0 Å². The van der Waals surface area contributed by atoms with Crippen LogP contribution >= 0.6 is 0 Å². The zero-order valence-corrected chi connectivity index (χ0v) is 12.0. The van der Waals surface area contributed by atoms with Crippen LogP contribution in [0.4, 0.5) is 0 Å². The highest BCUT2D eigenvalue weighted by Crippen LogP contribution is 2.13. The zero-order chi connectivity index (χ0) is 15.9. The highest BCUT2D eigenvalue weighted by molar-refractivity contribution is 5.95. The highest BCUT2D eigenvalue weighted by Gasteiger charge is 2.08. The Kier molecular flexibility index (Phi) is 4.98. The van der Waals surface area contributed by atoms with Crippen LogP contribution in [0.2, 0.25) is 0 Å². The lowest BCUT2D eigenvalue weighted by atomic mass is 10.1. The van der Waals surface area contributed by atoms with E-state index in [1.165, 1.54) is 18.2 Å². The first kappa shape index (κ1) is 15.4. The third-order valence-corrected chi connectivity index (χ3v) is 2.92. The van der Waals surface area contributed by atoms with Gasteiger partial charge in [0.05, 0.1) is 13.5 Å². The number of hydrogen-bond donors (Lipinski definition) is 3. The standard InChI is InChI=1S/C16H16N2O4/c1-22-14-7-2-4-11(8-14)9-15(20)17-18-16(21)12-5-3-6-13(19)10-12/h2-8,10,19H,9H2,1H3,(H,17,20)(H,18,21). The first-order chi connectivity index (χ1) is 10.6. The Hall–Kier alpha value is -3.02. The molecule has 0 spiro atoms. The van der Waals surface area contributed by atoms with Gasteiger partial charge in [-0.15, -0.1) is 0 Å². The lowest BCUT2D eigenvalue weighted by molar-refractivity contribution is -0.121. The molecule has 0 aliphatic rings. The summed E-state index contributed by atoms with van der Waals surface area (Å²) in [6, 6.07) is 12.9. The Balaban J connectivity index is 1.88. The fraction of sp³-hybridized carbons (Fsp3) is 0.125. The van der Waals surface area contributed by atoms with Crippen LogP contribution in [0, 0.1) is 0 Å². The van der Waals surface area contributed by atoms with Gasteiger partial charge in [0, 0.05) is 5.56 Å². The Bertz CT molecular complexity index is 685. The second-order valence-electron chi connectivity index (χ2n) is 4.58. The SMILES string of the molecule is COc1cccc(CC(=O)NNC(=O)c2cccc(O)c2)c1. The molecule has 22 heavy (non-hydrogen) atoms. The molecule has 2 aromatic carbocycles. The molecule has 0 aliphatic carbocycles. The third kappa shape index (κ3) is 4.24. The fourth-order valence-corrected chi connectivity index (χ4v) is 1.86. The minimum Gasteiger partial charge on any atom is -0.508 e. The molecule has 6 nitrogen and oxygen atoms in total. The summed E-state index contributed by atoms with van der Waals surface area (Å²) in [4.78, 5) is 23.6. The number of amides is 2. The lowest BCUT2D eigenvalue weighted by Crippen LogP contribution is -2.42. The molecule has 0 unspecified atom stereocenters. The minimum atomic E-state index is -0.505. The second kappa shape index (κ2) is 7.12. The van der Waals surface area contributed by atoms with Crippen molar-refractivity contribution >= 4 is 11.8 Å². The number of hydrogen-bond acceptors (Lipinski definition) is 4. The summed E-state index contributed by atoms with van der Waals surface area (Å²) in [5.41, 5.74) is 5.64. The molecular formula is C16H16N2O4. The molecule has 0 fully saturated rings. The molecule has 2 rings (SSSR count). The topological polar surface area (TPSA) is 87.7 Å². The normalized spacial score (nSPS) is 9.86. The Morgan fingerprint density at radius 3 is 2.59 bits per heavy atom. The van der Waals surface area contributed by atoms with Crippen LogP contribution < -0.4 is 15.6 Å². The molecule has 0 aliphatic heterocycles. The number of benzene rings is 2. The molecule has 0 radical (unpaired) electrons. The first-order valence-corrected chi connectivity index (χ1v) is 6.59. The van der Waals surface area contributed by atoms with Crippen LogP contribution in [-0.4, -0.2) is 24.0 Å². The van der Waals surface area contributed by atoms with Crippen LogP contribution in [0.1, 0.15) is 15.9 Å². The number of carbonyl (C=O) groups excluding carboxylic acids is 2. The predicted molar refractivity (Wildman–Crippen MR) is 80.4 cm³/mol. The first-order valence-electron chi connectivity index (χ1n) is 6.59. The summed E-state index contributed by atoms with van der Waals surface area (Å²) >= 11 is 0. The monoisotopic (exact) mass is 300 g/mol. The van der Waals surface area contributed by atoms with Crippen LogP contribution in [-0.2, 0) is 11.2 Å². The molecule has 0 bridgehead atoms. The summed E-state index contributed by atoms with van der Waals surface area (Å²) in [6.45, 7) is 0. The van der Waals surface area contributed by atoms with Crippen molar-refractivity contribution in [2.45, 2.75) is 6.42 Å². The van der Waals surface area contributed by atoms with E-state index in [2.05, 4.69) is 10.9 Å². The average molecular weight is 300 g/mol. The van der Waals surface area contributed by atoms with E-state index in [9.17, 15) is 14.7 Å². The van der Waals surface area contributed by atoms with E-state index in [1.54, 1.807) is 37.4 Å². The van der Waals surface area contributed by atoms with E-state index >= 15 is 0 Å². The molecule has 0 aromatic heterocycles. The summed E-state index contributed by atoms with van der Waals surface area (Å²) < 4.78 is 5.08. The molecule has 0 heterocycles. The lowest BCUT2D eigenvalue weighted by Gasteiger charge is -2.08. The maximum absolute atomic E-state index is 11.8. The van der Waals surface area contributed by atoms with Gasteiger partial charge >= 0.3 is 0 Å². The van der Waals surface area contributed by atoms with Gasteiger partial charge in [0.2, 0.25) is 5.91 Å². The van der Waals surface area contributed by atoms with E-state index < -0.39 is 5.91 Å². The molecular weight excluding hydrogens is 284 g/mol. The molecule has 6 heteroatoms. The third-order valence-electron chi connectivity index (χ3n) is 2.92. The van der Waals surface area contributed by atoms with Crippen molar-refractivity contribution in [3.8, 4) is 11.5 Å². The number of aromatic hydroxyl groups is 1. The van der Waals surface area contributed by atoms with Crippen molar-refractivity contribution in [3.63, 3.8) is 0 Å². The van der Waals surface area contributed by atoms with Gasteiger partial charge < -0.3 is 9.84 Å². The summed E-state index contributed by atoms with van der Waals surface area (Å²) in [5.74, 6) is -0.221. The van der Waals surface area contributed by atoms with Crippen molar-refractivity contribution in [2.24, 2.45) is 0 Å². The number of ether oxygens (including phenoxy) is 1. The smallest absolute Gasteiger partial charge is 0.269 e. The van der Waals surface area contributed by atoms with Crippen LogP contribution in [0.15, 0.2) is 48.5 Å². The molecule has 0 saturated heterocycles. The van der Waals surface area contributed by atoms with Gasteiger partial charge in [-0.05, 0) is 35.9 Å². The van der Waals surface area contributed by atoms with E-state index in [1.807, 2.05) is 0 Å². The van der Waals surface area contributed by atoms with Crippen molar-refractivity contribution in [1.82, 2.24) is 10.9 Å². The number of rotatable bonds is 4.